The van der Waals surface area contributed by atoms with Gasteiger partial charge in [0.1, 0.15) is 5.69 Å². The maximum Gasteiger partial charge on any atom is 0.272 e. The van der Waals surface area contributed by atoms with Crippen LogP contribution in [0.3, 0.4) is 0 Å². The molecule has 1 rings (SSSR count). The number of carbonyl (C=O) groups is 1. The lowest BCUT2D eigenvalue weighted by molar-refractivity contribution is 0.0792. The number of nitrogens with zero attached hydrogens (tertiary/aromatic N) is 3. The van der Waals surface area contributed by atoms with Crippen LogP contribution in [0.1, 0.15) is 22.5 Å². The summed E-state index contributed by atoms with van der Waals surface area (Å²) in [5, 5.41) is 8.46. The summed E-state index contributed by atoms with van der Waals surface area (Å²) in [6, 6.07) is 5.33. The van der Waals surface area contributed by atoms with E-state index in [4.69, 9.17) is 11.0 Å². The first-order valence-electron chi connectivity index (χ1n) is 5.46. The van der Waals surface area contributed by atoms with Gasteiger partial charge in [0.05, 0.1) is 19.0 Å². The molecule has 1 aromatic rings. The number of carbonyl (C=O) groups excluding carboxylic acids is 1. The van der Waals surface area contributed by atoms with E-state index in [1.165, 1.54) is 11.1 Å². The van der Waals surface area contributed by atoms with Crippen LogP contribution in [0.15, 0.2) is 18.3 Å². The molecular weight excluding hydrogens is 228 g/mol. The van der Waals surface area contributed by atoms with Gasteiger partial charge in [-0.3, -0.25) is 4.79 Å². The molecule has 0 saturated carbocycles. The Morgan fingerprint density at radius 3 is 2.89 bits per heavy atom. The quantitative estimate of drug-likeness (QED) is 0.776. The van der Waals surface area contributed by atoms with Gasteiger partial charge in [-0.25, -0.2) is 4.98 Å². The molecule has 0 spiro atoms. The van der Waals surface area contributed by atoms with Gasteiger partial charge in [-0.2, -0.15) is 5.26 Å². The molecular formula is C13H14N4O. The number of pyridine rings is 1. The first kappa shape index (κ1) is 13.7. The summed E-state index contributed by atoms with van der Waals surface area (Å²) in [5.74, 6) is 5.33. The van der Waals surface area contributed by atoms with Crippen LogP contribution >= 0.6 is 0 Å². The van der Waals surface area contributed by atoms with E-state index < -0.39 is 0 Å². The molecule has 0 bridgehead atoms. The predicted molar refractivity (Wildman–Crippen MR) is 67.4 cm³/mol. The number of nitriles is 1. The highest BCUT2D eigenvalue weighted by atomic mass is 16.2. The standard InChI is InChI=1S/C13H14N4O/c1-17(9-3-8-15)13(18)12-6-5-11(10-16-12)4-2-7-14/h5-6,10H,3,7,9,14H2,1H3. The third kappa shape index (κ3) is 3.89. The van der Waals surface area contributed by atoms with Crippen LogP contribution in [-0.4, -0.2) is 35.9 Å². The Morgan fingerprint density at radius 2 is 2.33 bits per heavy atom. The second-order valence-corrected chi connectivity index (χ2v) is 3.57. The molecule has 0 saturated heterocycles. The van der Waals surface area contributed by atoms with Gasteiger partial charge in [-0.15, -0.1) is 0 Å². The number of hydrogen-bond donors (Lipinski definition) is 1. The number of rotatable bonds is 3. The molecule has 1 amide bonds. The number of aromatic nitrogens is 1. The van der Waals surface area contributed by atoms with Crippen molar-refractivity contribution < 1.29 is 4.79 Å². The minimum atomic E-state index is -0.205. The van der Waals surface area contributed by atoms with Crippen LogP contribution < -0.4 is 5.73 Å². The van der Waals surface area contributed by atoms with E-state index in [0.29, 0.717) is 18.7 Å². The van der Waals surface area contributed by atoms with Gasteiger partial charge in [0.2, 0.25) is 0 Å². The molecule has 0 atom stereocenters. The van der Waals surface area contributed by atoms with Crippen molar-refractivity contribution in [3.63, 3.8) is 0 Å². The summed E-state index contributed by atoms with van der Waals surface area (Å²) >= 11 is 0. The molecule has 18 heavy (non-hydrogen) atoms. The Labute approximate surface area is 106 Å². The normalized spacial score (nSPS) is 8.94. The molecule has 5 heteroatoms. The summed E-state index contributed by atoms with van der Waals surface area (Å²) in [6.45, 7) is 0.684. The Kier molecular flexibility index (Phi) is 5.37. The van der Waals surface area contributed by atoms with Crippen LogP contribution in [0.25, 0.3) is 0 Å². The Morgan fingerprint density at radius 1 is 1.56 bits per heavy atom. The van der Waals surface area contributed by atoms with E-state index >= 15 is 0 Å². The van der Waals surface area contributed by atoms with E-state index in [0.717, 1.165) is 5.56 Å². The number of nitrogens with two attached hydrogens (primary N) is 1. The average molecular weight is 242 g/mol. The highest BCUT2D eigenvalue weighted by Gasteiger charge is 2.12. The first-order valence-corrected chi connectivity index (χ1v) is 5.46. The Balaban J connectivity index is 2.73. The molecule has 0 aliphatic carbocycles. The second kappa shape index (κ2) is 7.05. The zero-order chi connectivity index (χ0) is 13.4. The van der Waals surface area contributed by atoms with Gasteiger partial charge >= 0.3 is 0 Å². The van der Waals surface area contributed by atoms with Gasteiger partial charge in [0, 0.05) is 25.4 Å². The lowest BCUT2D eigenvalue weighted by Crippen LogP contribution is -2.28. The highest BCUT2D eigenvalue weighted by Crippen LogP contribution is 2.02. The third-order valence-corrected chi connectivity index (χ3v) is 2.22. The van der Waals surface area contributed by atoms with E-state index in [9.17, 15) is 4.79 Å². The summed E-state index contributed by atoms with van der Waals surface area (Å²) < 4.78 is 0. The van der Waals surface area contributed by atoms with Crippen molar-refractivity contribution in [1.29, 1.82) is 5.26 Å². The van der Waals surface area contributed by atoms with Crippen LogP contribution in [-0.2, 0) is 0 Å². The van der Waals surface area contributed by atoms with Crippen molar-refractivity contribution >= 4 is 5.91 Å². The van der Waals surface area contributed by atoms with E-state index in [1.807, 2.05) is 6.07 Å². The number of hydrogen-bond acceptors (Lipinski definition) is 4. The molecule has 5 nitrogen and oxygen atoms in total. The number of amides is 1. The molecule has 1 heterocycles. The minimum Gasteiger partial charge on any atom is -0.339 e. The minimum absolute atomic E-state index is 0.205. The molecule has 0 unspecified atom stereocenters. The van der Waals surface area contributed by atoms with Crippen molar-refractivity contribution in [2.24, 2.45) is 5.73 Å². The van der Waals surface area contributed by atoms with E-state index in [2.05, 4.69) is 16.8 Å². The smallest absolute Gasteiger partial charge is 0.272 e. The SMILES string of the molecule is CN(CCC#N)C(=O)c1ccc(C#CCN)cn1. The molecule has 2 N–H and O–H groups in total. The third-order valence-electron chi connectivity index (χ3n) is 2.22. The zero-order valence-electron chi connectivity index (χ0n) is 10.2. The Hall–Kier alpha value is -2.37. The second-order valence-electron chi connectivity index (χ2n) is 3.57. The lowest BCUT2D eigenvalue weighted by Gasteiger charge is -2.14. The van der Waals surface area contributed by atoms with Crippen LogP contribution in [0.4, 0.5) is 0 Å². The van der Waals surface area contributed by atoms with Gasteiger partial charge in [0.15, 0.2) is 0 Å². The van der Waals surface area contributed by atoms with Crippen molar-refractivity contribution in [3.8, 4) is 17.9 Å². The Bertz CT molecular complexity index is 505. The molecule has 0 aliphatic rings. The molecule has 0 aliphatic heterocycles. The molecule has 1 aromatic heterocycles. The van der Waals surface area contributed by atoms with Crippen molar-refractivity contribution in [2.75, 3.05) is 20.1 Å². The molecule has 0 radical (unpaired) electrons. The first-order chi connectivity index (χ1) is 8.69. The van der Waals surface area contributed by atoms with Crippen LogP contribution in [0.5, 0.6) is 0 Å². The van der Waals surface area contributed by atoms with E-state index in [1.54, 1.807) is 19.2 Å². The van der Waals surface area contributed by atoms with Gasteiger partial charge in [0.25, 0.3) is 5.91 Å². The van der Waals surface area contributed by atoms with Gasteiger partial charge < -0.3 is 10.6 Å². The van der Waals surface area contributed by atoms with E-state index in [-0.39, 0.29) is 12.5 Å². The van der Waals surface area contributed by atoms with Crippen LogP contribution in [0, 0.1) is 23.2 Å². The fraction of sp³-hybridized carbons (Fsp3) is 0.308. The fourth-order valence-electron chi connectivity index (χ4n) is 1.26. The lowest BCUT2D eigenvalue weighted by atomic mass is 10.2. The molecule has 92 valence electrons. The zero-order valence-corrected chi connectivity index (χ0v) is 10.2. The predicted octanol–water partition coefficient (Wildman–Crippen LogP) is 0.377. The van der Waals surface area contributed by atoms with Crippen molar-refractivity contribution in [3.05, 3.63) is 29.6 Å². The molecule has 0 fully saturated rings. The summed E-state index contributed by atoms with van der Waals surface area (Å²) in [4.78, 5) is 17.4. The summed E-state index contributed by atoms with van der Waals surface area (Å²) in [7, 11) is 1.64. The maximum atomic E-state index is 11.9. The topological polar surface area (TPSA) is 83.0 Å². The van der Waals surface area contributed by atoms with Gasteiger partial charge in [-0.05, 0) is 12.1 Å². The van der Waals surface area contributed by atoms with Crippen molar-refractivity contribution in [1.82, 2.24) is 9.88 Å². The summed E-state index contributed by atoms with van der Waals surface area (Å²) in [5.41, 5.74) is 6.32. The maximum absolute atomic E-state index is 11.9. The largest absolute Gasteiger partial charge is 0.339 e. The average Bonchev–Trinajstić information content (AvgIpc) is 2.42. The van der Waals surface area contributed by atoms with Gasteiger partial charge in [-0.1, -0.05) is 11.8 Å². The fourth-order valence-corrected chi connectivity index (χ4v) is 1.26. The highest BCUT2D eigenvalue weighted by molar-refractivity contribution is 5.92. The van der Waals surface area contributed by atoms with Crippen molar-refractivity contribution in [2.45, 2.75) is 6.42 Å². The monoisotopic (exact) mass is 242 g/mol. The van der Waals surface area contributed by atoms with Crippen LogP contribution in [0.2, 0.25) is 0 Å². The summed E-state index contributed by atoms with van der Waals surface area (Å²) in [6.07, 6.45) is 1.84. The molecule has 0 aromatic carbocycles.